The van der Waals surface area contributed by atoms with Gasteiger partial charge >= 0.3 is 5.97 Å². The summed E-state index contributed by atoms with van der Waals surface area (Å²) in [6.07, 6.45) is 3.11. The molecule has 0 aliphatic carbocycles. The highest BCUT2D eigenvalue weighted by Crippen LogP contribution is 2.06. The molecular formula is C14H13NO4. The number of benzene rings is 1. The van der Waals surface area contributed by atoms with Crippen molar-refractivity contribution in [1.82, 2.24) is 5.32 Å². The fourth-order valence-corrected chi connectivity index (χ4v) is 1.68. The lowest BCUT2D eigenvalue weighted by atomic mass is 10.1. The summed E-state index contributed by atoms with van der Waals surface area (Å²) in [5.41, 5.74) is 1.15. The molecule has 19 heavy (non-hydrogen) atoms. The van der Waals surface area contributed by atoms with Crippen molar-refractivity contribution in [2.75, 3.05) is 0 Å². The summed E-state index contributed by atoms with van der Waals surface area (Å²) >= 11 is 0. The van der Waals surface area contributed by atoms with Crippen molar-refractivity contribution in [2.24, 2.45) is 0 Å². The van der Waals surface area contributed by atoms with E-state index in [1.54, 1.807) is 36.4 Å². The van der Waals surface area contributed by atoms with Gasteiger partial charge in [0, 0.05) is 12.0 Å². The van der Waals surface area contributed by atoms with Crippen LogP contribution in [0.5, 0.6) is 0 Å². The number of carboxylic acid groups (broad SMARTS) is 1. The molecule has 0 radical (unpaired) electrons. The Bertz CT molecular complexity index is 548. The van der Waals surface area contributed by atoms with Crippen LogP contribution in [0.3, 0.4) is 0 Å². The average Bonchev–Trinajstić information content (AvgIpc) is 2.91. The minimum Gasteiger partial charge on any atom is -0.480 e. The van der Waals surface area contributed by atoms with Crippen LogP contribution in [-0.2, 0) is 11.2 Å². The van der Waals surface area contributed by atoms with E-state index in [-0.39, 0.29) is 6.42 Å². The van der Waals surface area contributed by atoms with Crippen molar-refractivity contribution in [3.05, 3.63) is 60.1 Å². The van der Waals surface area contributed by atoms with Gasteiger partial charge in [-0.05, 0) is 23.8 Å². The number of carbonyl (C=O) groups excluding carboxylic acids is 1. The normalized spacial score (nSPS) is 11.8. The van der Waals surface area contributed by atoms with Crippen LogP contribution < -0.4 is 5.32 Å². The lowest BCUT2D eigenvalue weighted by molar-refractivity contribution is -0.139. The molecule has 2 rings (SSSR count). The maximum atomic E-state index is 11.9. The minimum absolute atomic E-state index is 0.185. The molecule has 2 N–H and O–H groups in total. The van der Waals surface area contributed by atoms with E-state index < -0.39 is 17.9 Å². The molecule has 5 heteroatoms. The zero-order chi connectivity index (χ0) is 13.7. The summed E-state index contributed by atoms with van der Waals surface area (Å²) in [5.74, 6) is -1.48. The van der Waals surface area contributed by atoms with Gasteiger partial charge in [-0.1, -0.05) is 18.2 Å². The van der Waals surface area contributed by atoms with Crippen molar-refractivity contribution in [3.8, 4) is 0 Å². The van der Waals surface area contributed by atoms with E-state index in [2.05, 4.69) is 5.32 Å². The molecule has 1 atom stereocenters. The molecule has 1 heterocycles. The van der Waals surface area contributed by atoms with Crippen molar-refractivity contribution in [2.45, 2.75) is 12.5 Å². The quantitative estimate of drug-likeness (QED) is 0.856. The highest BCUT2D eigenvalue weighted by Gasteiger charge is 2.21. The monoisotopic (exact) mass is 259 g/mol. The summed E-state index contributed by atoms with van der Waals surface area (Å²) in [6.45, 7) is 0. The van der Waals surface area contributed by atoms with Crippen LogP contribution in [0.1, 0.15) is 15.9 Å². The number of carboxylic acids is 1. The molecule has 2 aromatic rings. The van der Waals surface area contributed by atoms with Gasteiger partial charge in [0.1, 0.15) is 6.04 Å². The topological polar surface area (TPSA) is 79.5 Å². The van der Waals surface area contributed by atoms with Crippen molar-refractivity contribution >= 4 is 11.9 Å². The molecule has 0 aliphatic heterocycles. The average molecular weight is 259 g/mol. The Morgan fingerprint density at radius 2 is 1.95 bits per heavy atom. The molecule has 5 nitrogen and oxygen atoms in total. The Morgan fingerprint density at radius 1 is 1.21 bits per heavy atom. The lowest BCUT2D eigenvalue weighted by Crippen LogP contribution is -2.42. The maximum absolute atomic E-state index is 11.9. The summed E-state index contributed by atoms with van der Waals surface area (Å²) < 4.78 is 4.88. The van der Waals surface area contributed by atoms with Crippen LogP contribution in [0.25, 0.3) is 0 Å². The maximum Gasteiger partial charge on any atom is 0.326 e. The second-order valence-electron chi connectivity index (χ2n) is 4.07. The van der Waals surface area contributed by atoms with Crippen molar-refractivity contribution in [1.29, 1.82) is 0 Å². The van der Waals surface area contributed by atoms with E-state index in [1.807, 2.05) is 0 Å². The first-order chi connectivity index (χ1) is 9.16. The second-order valence-corrected chi connectivity index (χ2v) is 4.07. The van der Waals surface area contributed by atoms with Gasteiger partial charge in [0.2, 0.25) is 0 Å². The van der Waals surface area contributed by atoms with Gasteiger partial charge in [-0.25, -0.2) is 4.79 Å². The van der Waals surface area contributed by atoms with Crippen LogP contribution in [0, 0.1) is 0 Å². The van der Waals surface area contributed by atoms with Gasteiger partial charge in [-0.15, -0.1) is 0 Å². The predicted molar refractivity (Wildman–Crippen MR) is 67.7 cm³/mol. The zero-order valence-electron chi connectivity index (χ0n) is 10.1. The van der Waals surface area contributed by atoms with E-state index in [1.165, 1.54) is 12.5 Å². The van der Waals surface area contributed by atoms with Gasteiger partial charge in [-0.3, -0.25) is 4.79 Å². The van der Waals surface area contributed by atoms with E-state index in [9.17, 15) is 9.59 Å². The van der Waals surface area contributed by atoms with Gasteiger partial charge in [-0.2, -0.15) is 0 Å². The van der Waals surface area contributed by atoms with Crippen LogP contribution in [0.4, 0.5) is 0 Å². The molecule has 1 amide bonds. The van der Waals surface area contributed by atoms with E-state index in [0.29, 0.717) is 5.56 Å². The molecule has 0 spiro atoms. The van der Waals surface area contributed by atoms with Gasteiger partial charge in [0.05, 0.1) is 12.5 Å². The molecular weight excluding hydrogens is 246 g/mol. The molecule has 0 saturated heterocycles. The van der Waals surface area contributed by atoms with Gasteiger partial charge < -0.3 is 14.8 Å². The summed E-state index contributed by atoms with van der Waals surface area (Å²) in [4.78, 5) is 23.0. The fourth-order valence-electron chi connectivity index (χ4n) is 1.68. The van der Waals surface area contributed by atoms with E-state index in [4.69, 9.17) is 9.52 Å². The standard InChI is InChI=1S/C14H13NO4/c16-13(11-4-2-1-3-5-11)15-12(14(17)18)8-10-6-7-19-9-10/h1-7,9,12H,8H2,(H,15,16)(H,17,18). The third-order valence-electron chi connectivity index (χ3n) is 2.66. The van der Waals surface area contributed by atoms with Crippen molar-refractivity contribution < 1.29 is 19.1 Å². The third kappa shape index (κ3) is 3.45. The molecule has 0 fully saturated rings. The summed E-state index contributed by atoms with van der Waals surface area (Å²) in [5, 5.41) is 11.6. The molecule has 0 bridgehead atoms. The first kappa shape index (κ1) is 12.9. The van der Waals surface area contributed by atoms with Crippen LogP contribution in [0.15, 0.2) is 53.3 Å². The fraction of sp³-hybridized carbons (Fsp3) is 0.143. The lowest BCUT2D eigenvalue weighted by Gasteiger charge is -2.13. The Kier molecular flexibility index (Phi) is 3.97. The highest BCUT2D eigenvalue weighted by molar-refractivity contribution is 5.96. The third-order valence-corrected chi connectivity index (χ3v) is 2.66. The molecule has 1 aromatic heterocycles. The van der Waals surface area contributed by atoms with Gasteiger partial charge in [0.25, 0.3) is 5.91 Å². The smallest absolute Gasteiger partial charge is 0.326 e. The van der Waals surface area contributed by atoms with Crippen LogP contribution >= 0.6 is 0 Å². The molecule has 0 saturated carbocycles. The molecule has 98 valence electrons. The summed E-state index contributed by atoms with van der Waals surface area (Å²) in [6, 6.07) is 9.19. The second kappa shape index (κ2) is 5.86. The number of rotatable bonds is 5. The molecule has 0 aliphatic rings. The van der Waals surface area contributed by atoms with Crippen molar-refractivity contribution in [3.63, 3.8) is 0 Å². The number of carbonyl (C=O) groups is 2. The number of nitrogens with one attached hydrogen (secondary N) is 1. The number of hydrogen-bond acceptors (Lipinski definition) is 3. The highest BCUT2D eigenvalue weighted by atomic mass is 16.4. The number of hydrogen-bond donors (Lipinski definition) is 2. The van der Waals surface area contributed by atoms with E-state index in [0.717, 1.165) is 5.56 Å². The Morgan fingerprint density at radius 3 is 2.53 bits per heavy atom. The zero-order valence-corrected chi connectivity index (χ0v) is 10.1. The summed E-state index contributed by atoms with van der Waals surface area (Å²) in [7, 11) is 0. The number of aliphatic carboxylic acids is 1. The SMILES string of the molecule is O=C(NC(Cc1ccoc1)C(=O)O)c1ccccc1. The minimum atomic E-state index is -1.08. The Hall–Kier alpha value is -2.56. The molecule has 1 aromatic carbocycles. The number of furan rings is 1. The largest absolute Gasteiger partial charge is 0.480 e. The Balaban J connectivity index is 2.05. The molecule has 1 unspecified atom stereocenters. The van der Waals surface area contributed by atoms with E-state index >= 15 is 0 Å². The van der Waals surface area contributed by atoms with Crippen LogP contribution in [0.2, 0.25) is 0 Å². The Labute approximate surface area is 109 Å². The van der Waals surface area contributed by atoms with Crippen LogP contribution in [-0.4, -0.2) is 23.0 Å². The first-order valence-corrected chi connectivity index (χ1v) is 5.76. The number of amides is 1. The predicted octanol–water partition coefficient (Wildman–Crippen LogP) is 1.71. The van der Waals surface area contributed by atoms with Gasteiger partial charge in [0.15, 0.2) is 0 Å². The first-order valence-electron chi connectivity index (χ1n) is 5.76.